The minimum atomic E-state index is -0.550. The third kappa shape index (κ3) is 3.82. The monoisotopic (exact) mass is 481 g/mol. The normalized spacial score (nSPS) is 21.3. The Bertz CT molecular complexity index is 1240. The van der Waals surface area contributed by atoms with Gasteiger partial charge in [0.15, 0.2) is 0 Å². The lowest BCUT2D eigenvalue weighted by atomic mass is 9.78. The van der Waals surface area contributed by atoms with Crippen molar-refractivity contribution in [3.05, 3.63) is 39.4 Å². The number of likely N-dealkylation sites (N-methyl/N-ethyl adjacent to an activating group) is 1. The minimum absolute atomic E-state index is 0.0204. The Hall–Kier alpha value is -3.20. The molecular weight excluding hydrogens is 446 g/mol. The number of Topliss-reactive ketones (excluding diaryl/α,β-unsaturated/α-hetero) is 1. The number of hydrogen-bond donors (Lipinski definition) is 1. The fourth-order valence-corrected chi connectivity index (χ4v) is 5.16. The van der Waals surface area contributed by atoms with Gasteiger partial charge in [0.1, 0.15) is 12.3 Å². The number of carbonyl (C=O) groups excluding carboxylic acids is 3. The van der Waals surface area contributed by atoms with Gasteiger partial charge in [-0.15, -0.1) is 0 Å². The van der Waals surface area contributed by atoms with Crippen LogP contribution in [0.5, 0.6) is 0 Å². The molecule has 35 heavy (non-hydrogen) atoms. The van der Waals surface area contributed by atoms with E-state index in [2.05, 4.69) is 10.1 Å². The van der Waals surface area contributed by atoms with Crippen LogP contribution in [-0.4, -0.2) is 73.7 Å². The first kappa shape index (κ1) is 24.9. The fourth-order valence-electron chi connectivity index (χ4n) is 5.16. The van der Waals surface area contributed by atoms with E-state index in [-0.39, 0.29) is 46.6 Å². The highest BCUT2D eigenvalue weighted by molar-refractivity contribution is 6.44. The van der Waals surface area contributed by atoms with Crippen LogP contribution in [0.15, 0.2) is 22.0 Å². The first-order chi connectivity index (χ1) is 16.3. The third-order valence-electron chi connectivity index (χ3n) is 7.33. The quantitative estimate of drug-likeness (QED) is 0.667. The smallest absolute Gasteiger partial charge is 0.277 e. The summed E-state index contributed by atoms with van der Waals surface area (Å²) in [5.41, 5.74) is 3.29. The van der Waals surface area contributed by atoms with Gasteiger partial charge in [0.05, 0.1) is 28.0 Å². The predicted octanol–water partition coefficient (Wildman–Crippen LogP) is 3.05. The molecular formula is C26H35N5O4. The van der Waals surface area contributed by atoms with Crippen LogP contribution >= 0.6 is 0 Å². The number of rotatable bonds is 4. The van der Waals surface area contributed by atoms with Crippen LogP contribution in [0.4, 0.5) is 0 Å². The van der Waals surface area contributed by atoms with E-state index in [1.165, 1.54) is 5.01 Å². The summed E-state index contributed by atoms with van der Waals surface area (Å²) in [6.07, 6.45) is 2.16. The van der Waals surface area contributed by atoms with E-state index in [4.69, 9.17) is 0 Å². The lowest BCUT2D eigenvalue weighted by Crippen LogP contribution is -2.43. The van der Waals surface area contributed by atoms with Gasteiger partial charge in [-0.05, 0) is 66.9 Å². The molecule has 0 unspecified atom stereocenters. The molecule has 0 spiro atoms. The summed E-state index contributed by atoms with van der Waals surface area (Å²) in [5, 5.41) is 20.4. The van der Waals surface area contributed by atoms with E-state index in [9.17, 15) is 19.5 Å². The van der Waals surface area contributed by atoms with Gasteiger partial charge in [-0.25, -0.2) is 10.0 Å². The average Bonchev–Trinajstić information content (AvgIpc) is 3.47. The van der Waals surface area contributed by atoms with Gasteiger partial charge >= 0.3 is 0 Å². The Morgan fingerprint density at radius 1 is 1.00 bits per heavy atom. The van der Waals surface area contributed by atoms with Gasteiger partial charge in [0, 0.05) is 37.1 Å². The van der Waals surface area contributed by atoms with E-state index in [0.717, 1.165) is 42.9 Å². The van der Waals surface area contributed by atoms with E-state index in [1.54, 1.807) is 19.0 Å². The lowest BCUT2D eigenvalue weighted by molar-refractivity contribution is -0.144. The number of amides is 2. The molecule has 1 N–H and O–H groups in total. The molecule has 9 heteroatoms. The van der Waals surface area contributed by atoms with Gasteiger partial charge in [-0.2, -0.15) is 5.10 Å². The van der Waals surface area contributed by atoms with E-state index < -0.39 is 5.54 Å². The molecule has 188 valence electrons. The van der Waals surface area contributed by atoms with Crippen LogP contribution in [0.3, 0.4) is 0 Å². The van der Waals surface area contributed by atoms with Gasteiger partial charge < -0.3 is 9.67 Å². The summed E-state index contributed by atoms with van der Waals surface area (Å²) in [7, 11) is 1.79. The van der Waals surface area contributed by atoms with Gasteiger partial charge in [0.2, 0.25) is 5.78 Å². The molecule has 0 saturated carbocycles. The maximum atomic E-state index is 13.3. The van der Waals surface area contributed by atoms with Crippen molar-refractivity contribution >= 4 is 28.9 Å². The Labute approximate surface area is 206 Å². The van der Waals surface area contributed by atoms with Crippen molar-refractivity contribution in [1.82, 2.24) is 19.6 Å². The largest absolute Gasteiger partial charge is 0.506 e. The summed E-state index contributed by atoms with van der Waals surface area (Å²) < 4.78 is 1.90. The molecule has 1 aromatic heterocycles. The van der Waals surface area contributed by atoms with Crippen LogP contribution < -0.4 is 0 Å². The minimum Gasteiger partial charge on any atom is -0.506 e. The van der Waals surface area contributed by atoms with Crippen LogP contribution in [0.2, 0.25) is 0 Å². The summed E-state index contributed by atoms with van der Waals surface area (Å²) in [6, 6.07) is 0. The first-order valence-electron chi connectivity index (χ1n) is 12.1. The molecule has 2 amide bonds. The fraction of sp³-hybridized carbons (Fsp3) is 0.538. The van der Waals surface area contributed by atoms with Crippen molar-refractivity contribution in [1.29, 1.82) is 0 Å². The molecule has 3 heterocycles. The number of hydrazine groups is 1. The van der Waals surface area contributed by atoms with E-state index >= 15 is 0 Å². The molecule has 1 fully saturated rings. The number of allylic oxidation sites excluding steroid dienone is 2. The van der Waals surface area contributed by atoms with Gasteiger partial charge in [0.25, 0.3) is 11.8 Å². The number of aliphatic hydroxyl groups excluding tert-OH is 1. The maximum Gasteiger partial charge on any atom is 0.277 e. The topological polar surface area (TPSA) is 98.5 Å². The van der Waals surface area contributed by atoms with Crippen molar-refractivity contribution in [2.45, 2.75) is 73.4 Å². The van der Waals surface area contributed by atoms with Crippen molar-refractivity contribution in [2.24, 2.45) is 5.10 Å². The number of aliphatic hydroxyl groups is 1. The maximum absolute atomic E-state index is 13.3. The van der Waals surface area contributed by atoms with Crippen LogP contribution in [-0.2, 0) is 20.9 Å². The summed E-state index contributed by atoms with van der Waals surface area (Å²) in [5.74, 6) is -0.986. The Kier molecular flexibility index (Phi) is 6.03. The highest BCUT2D eigenvalue weighted by Crippen LogP contribution is 2.43. The number of carbonyl (C=O) groups is 3. The third-order valence-corrected chi connectivity index (χ3v) is 7.33. The second-order valence-electron chi connectivity index (χ2n) is 10.6. The second kappa shape index (κ2) is 8.48. The van der Waals surface area contributed by atoms with Crippen LogP contribution in [0.25, 0.3) is 5.57 Å². The molecule has 1 aromatic rings. The molecule has 9 nitrogen and oxygen atoms in total. The zero-order valence-corrected chi connectivity index (χ0v) is 21.9. The second-order valence-corrected chi connectivity index (χ2v) is 10.6. The number of aromatic nitrogens is 1. The van der Waals surface area contributed by atoms with Crippen LogP contribution in [0.1, 0.15) is 63.1 Å². The highest BCUT2D eigenvalue weighted by Gasteiger charge is 2.46. The highest BCUT2D eigenvalue weighted by atomic mass is 16.3. The molecule has 0 atom stereocenters. The number of hydrogen-bond acceptors (Lipinski definition) is 6. The standard InChI is InChI=1S/C26H35N5O4/c1-14-16(3)30(13-18(32)28(8)29-11-9-10-12-29)17(4)19(14)21-23(33)22(24(21)34)20-15(2)27-31(25(20)35)26(5,6)7/h33H,9-13H2,1-8H3. The summed E-state index contributed by atoms with van der Waals surface area (Å²) >= 11 is 0. The summed E-state index contributed by atoms with van der Waals surface area (Å²) in [4.78, 5) is 39.4. The Balaban J connectivity index is 1.70. The molecule has 3 aliphatic rings. The van der Waals surface area contributed by atoms with Crippen molar-refractivity contribution in [3.8, 4) is 0 Å². The average molecular weight is 482 g/mol. The molecule has 2 aliphatic heterocycles. The predicted molar refractivity (Wildman–Crippen MR) is 134 cm³/mol. The number of hydrazone groups is 1. The molecule has 0 aromatic carbocycles. The Morgan fingerprint density at radius 2 is 1.60 bits per heavy atom. The molecule has 1 aliphatic carbocycles. The van der Waals surface area contributed by atoms with Crippen molar-refractivity contribution in [2.75, 3.05) is 20.1 Å². The van der Waals surface area contributed by atoms with E-state index in [0.29, 0.717) is 11.3 Å². The zero-order chi connectivity index (χ0) is 26.0. The number of ketones is 1. The summed E-state index contributed by atoms with van der Waals surface area (Å²) in [6.45, 7) is 14.8. The Morgan fingerprint density at radius 3 is 2.11 bits per heavy atom. The van der Waals surface area contributed by atoms with Gasteiger partial charge in [-0.3, -0.25) is 19.4 Å². The van der Waals surface area contributed by atoms with Gasteiger partial charge in [-0.1, -0.05) is 0 Å². The van der Waals surface area contributed by atoms with Crippen molar-refractivity contribution in [3.63, 3.8) is 0 Å². The zero-order valence-electron chi connectivity index (χ0n) is 21.9. The molecule has 0 radical (unpaired) electrons. The molecule has 1 saturated heterocycles. The first-order valence-corrected chi connectivity index (χ1v) is 12.1. The molecule has 4 rings (SSSR count). The number of nitrogens with zero attached hydrogens (tertiary/aromatic N) is 5. The van der Waals surface area contributed by atoms with E-state index in [1.807, 2.05) is 46.1 Å². The van der Waals surface area contributed by atoms with Crippen molar-refractivity contribution < 1.29 is 19.5 Å². The molecule has 0 bridgehead atoms. The van der Waals surface area contributed by atoms with Crippen LogP contribution in [0, 0.1) is 20.8 Å². The lowest BCUT2D eigenvalue weighted by Gasteiger charge is -2.29. The SMILES string of the molecule is CC1=NN(C(C)(C)C)C(=O)C1=C1C(=O)C(c2c(C)c(C)n(CC(=O)N(C)N3CCCC3)c2C)=C1O.